The van der Waals surface area contributed by atoms with Crippen LogP contribution in [0.2, 0.25) is 0 Å². The molecular weight excluding hydrogens is 327 g/mol. The van der Waals surface area contributed by atoms with E-state index in [-0.39, 0.29) is 57.8 Å². The quantitative estimate of drug-likeness (QED) is 0.285. The van der Waals surface area contributed by atoms with E-state index in [1.165, 1.54) is 0 Å². The number of aliphatic hydroxyl groups is 1. The third-order valence-electron chi connectivity index (χ3n) is 3.96. The van der Waals surface area contributed by atoms with Crippen molar-refractivity contribution in [1.29, 1.82) is 0 Å². The van der Waals surface area contributed by atoms with E-state index >= 15 is 0 Å². The third-order valence-corrected chi connectivity index (χ3v) is 5.21. The van der Waals surface area contributed by atoms with Crippen molar-refractivity contribution in [3.05, 3.63) is 0 Å². The predicted molar refractivity (Wildman–Crippen MR) is 86.2 cm³/mol. The van der Waals surface area contributed by atoms with Crippen LogP contribution in [0.1, 0.15) is 90.9 Å². The molecule has 0 rings (SSSR count). The standard InChI is InChI=1S/C16H34O4S.K/c1-3-5-7-9-11-13-16(21(18,19)20)14-15(17)12-10-8-6-4-2;/h15-17H,3-14H2,1-2H3,(H,18,19,20);/q;+1/p-1. The zero-order valence-electron chi connectivity index (χ0n) is 14.7. The summed E-state index contributed by atoms with van der Waals surface area (Å²) in [7, 11) is -4.30. The minimum absolute atomic E-state index is 0. The summed E-state index contributed by atoms with van der Waals surface area (Å²) in [4.78, 5) is 0. The summed E-state index contributed by atoms with van der Waals surface area (Å²) >= 11 is 0. The largest absolute Gasteiger partial charge is 1.00 e. The molecule has 2 unspecified atom stereocenters. The van der Waals surface area contributed by atoms with Gasteiger partial charge in [0.15, 0.2) is 0 Å². The Morgan fingerprint density at radius 3 is 1.82 bits per heavy atom. The van der Waals surface area contributed by atoms with Crippen molar-refractivity contribution in [1.82, 2.24) is 0 Å². The van der Waals surface area contributed by atoms with Crippen molar-refractivity contribution in [3.8, 4) is 0 Å². The summed E-state index contributed by atoms with van der Waals surface area (Å²) in [5.41, 5.74) is 0. The monoisotopic (exact) mass is 360 g/mol. The number of aliphatic hydroxyl groups excluding tert-OH is 1. The molecule has 128 valence electrons. The molecule has 0 fully saturated rings. The Morgan fingerprint density at radius 1 is 0.864 bits per heavy atom. The molecule has 0 saturated heterocycles. The van der Waals surface area contributed by atoms with Crippen molar-refractivity contribution in [2.24, 2.45) is 0 Å². The Hall–Kier alpha value is 1.51. The van der Waals surface area contributed by atoms with E-state index in [0.717, 1.165) is 57.8 Å². The first kappa shape index (κ1) is 25.7. The van der Waals surface area contributed by atoms with Crippen LogP contribution in [-0.4, -0.2) is 29.4 Å². The maximum absolute atomic E-state index is 11.3. The summed E-state index contributed by atoms with van der Waals surface area (Å²) in [6.07, 6.45) is 9.74. The van der Waals surface area contributed by atoms with Crippen LogP contribution in [0.5, 0.6) is 0 Å². The predicted octanol–water partition coefficient (Wildman–Crippen LogP) is 0.986. The molecule has 0 aromatic rings. The van der Waals surface area contributed by atoms with Gasteiger partial charge in [-0.3, -0.25) is 0 Å². The number of rotatable bonds is 14. The Kier molecular flexibility index (Phi) is 18.7. The smallest absolute Gasteiger partial charge is 0.748 e. The molecule has 22 heavy (non-hydrogen) atoms. The van der Waals surface area contributed by atoms with Gasteiger partial charge in [-0.1, -0.05) is 71.6 Å². The van der Waals surface area contributed by atoms with Crippen LogP contribution in [0, 0.1) is 0 Å². The fourth-order valence-corrected chi connectivity index (χ4v) is 3.50. The molecule has 0 aromatic carbocycles. The molecular formula is C16H33KO4S. The van der Waals surface area contributed by atoms with E-state index < -0.39 is 21.5 Å². The Balaban J connectivity index is 0. The van der Waals surface area contributed by atoms with Gasteiger partial charge in [0.1, 0.15) is 0 Å². The molecule has 0 amide bonds. The SMILES string of the molecule is CCCCCCCC(CC(O)CCCCCC)S(=O)(=O)[O-].[K+]. The van der Waals surface area contributed by atoms with Crippen LogP contribution in [0.3, 0.4) is 0 Å². The van der Waals surface area contributed by atoms with Gasteiger partial charge >= 0.3 is 51.4 Å². The number of unbranched alkanes of at least 4 members (excludes halogenated alkanes) is 7. The van der Waals surface area contributed by atoms with Gasteiger partial charge in [0.2, 0.25) is 0 Å². The first-order valence-corrected chi connectivity index (χ1v) is 10.0. The van der Waals surface area contributed by atoms with Gasteiger partial charge in [0.25, 0.3) is 0 Å². The molecule has 0 saturated carbocycles. The molecule has 0 spiro atoms. The van der Waals surface area contributed by atoms with Gasteiger partial charge in [0, 0.05) is 0 Å². The van der Waals surface area contributed by atoms with E-state index in [0.29, 0.717) is 12.8 Å². The van der Waals surface area contributed by atoms with Gasteiger partial charge in [-0.15, -0.1) is 0 Å². The molecule has 1 N–H and O–H groups in total. The average Bonchev–Trinajstić information content (AvgIpc) is 2.41. The Morgan fingerprint density at radius 2 is 1.32 bits per heavy atom. The molecule has 4 nitrogen and oxygen atoms in total. The van der Waals surface area contributed by atoms with Gasteiger partial charge in [-0.2, -0.15) is 0 Å². The van der Waals surface area contributed by atoms with Gasteiger partial charge in [-0.25, -0.2) is 8.42 Å². The second-order valence-electron chi connectivity index (χ2n) is 6.06. The zero-order valence-corrected chi connectivity index (χ0v) is 18.7. The zero-order chi connectivity index (χ0) is 16.1. The molecule has 6 heteroatoms. The molecule has 0 radical (unpaired) electrons. The number of hydrogen-bond acceptors (Lipinski definition) is 4. The summed E-state index contributed by atoms with van der Waals surface area (Å²) < 4.78 is 33.9. The van der Waals surface area contributed by atoms with Gasteiger partial charge in [-0.05, 0) is 19.3 Å². The summed E-state index contributed by atoms with van der Waals surface area (Å²) in [5, 5.41) is 9.00. The molecule has 0 aliphatic carbocycles. The second kappa shape index (κ2) is 16.0. The third kappa shape index (κ3) is 15.1. The Labute approximate surface area is 180 Å². The summed E-state index contributed by atoms with van der Waals surface area (Å²) in [5.74, 6) is 0. The van der Waals surface area contributed by atoms with Crippen molar-refractivity contribution in [2.75, 3.05) is 0 Å². The molecule has 0 bridgehead atoms. The molecule has 0 heterocycles. The molecule has 0 aliphatic rings. The van der Waals surface area contributed by atoms with Crippen molar-refractivity contribution >= 4 is 10.1 Å². The van der Waals surface area contributed by atoms with Crippen LogP contribution < -0.4 is 51.4 Å². The first-order valence-electron chi connectivity index (χ1n) is 8.54. The van der Waals surface area contributed by atoms with Crippen molar-refractivity contribution in [2.45, 2.75) is 102 Å². The van der Waals surface area contributed by atoms with Gasteiger partial charge < -0.3 is 9.66 Å². The molecule has 0 aromatic heterocycles. The normalized spacial score (nSPS) is 14.4. The average molecular weight is 361 g/mol. The van der Waals surface area contributed by atoms with Crippen molar-refractivity contribution in [3.63, 3.8) is 0 Å². The maximum Gasteiger partial charge on any atom is 1.00 e. The first-order chi connectivity index (χ1) is 9.91. The van der Waals surface area contributed by atoms with Crippen molar-refractivity contribution < 1.29 is 69.5 Å². The fourth-order valence-electron chi connectivity index (χ4n) is 2.58. The maximum atomic E-state index is 11.3. The Bertz CT molecular complexity index is 333. The van der Waals surface area contributed by atoms with E-state index in [9.17, 15) is 18.1 Å². The van der Waals surface area contributed by atoms with E-state index in [2.05, 4.69) is 13.8 Å². The molecule has 2 atom stereocenters. The van der Waals surface area contributed by atoms with Crippen LogP contribution in [0.4, 0.5) is 0 Å². The van der Waals surface area contributed by atoms with Crippen LogP contribution >= 0.6 is 0 Å². The topological polar surface area (TPSA) is 77.4 Å². The number of hydrogen-bond donors (Lipinski definition) is 1. The van der Waals surface area contributed by atoms with Gasteiger partial charge in [0.05, 0.1) is 21.5 Å². The van der Waals surface area contributed by atoms with E-state index in [4.69, 9.17) is 0 Å². The summed E-state index contributed by atoms with van der Waals surface area (Å²) in [6.45, 7) is 4.24. The van der Waals surface area contributed by atoms with Crippen LogP contribution in [-0.2, 0) is 10.1 Å². The summed E-state index contributed by atoms with van der Waals surface area (Å²) in [6, 6.07) is 0. The van der Waals surface area contributed by atoms with Crippen LogP contribution in [0.15, 0.2) is 0 Å². The minimum atomic E-state index is -4.30. The van der Waals surface area contributed by atoms with Crippen LogP contribution in [0.25, 0.3) is 0 Å². The van der Waals surface area contributed by atoms with E-state index in [1.54, 1.807) is 0 Å². The second-order valence-corrected chi connectivity index (χ2v) is 7.71. The molecule has 0 aliphatic heterocycles. The minimum Gasteiger partial charge on any atom is -0.748 e. The fraction of sp³-hybridized carbons (Fsp3) is 1.00. The van der Waals surface area contributed by atoms with E-state index in [1.807, 2.05) is 0 Å².